The molecule has 2 heterocycles. The van der Waals surface area contributed by atoms with E-state index in [1.807, 2.05) is 139 Å². The summed E-state index contributed by atoms with van der Waals surface area (Å²) < 4.78 is 42.1. The van der Waals surface area contributed by atoms with Crippen molar-refractivity contribution in [3.8, 4) is 67.8 Å². The van der Waals surface area contributed by atoms with Crippen molar-refractivity contribution in [3.63, 3.8) is 0 Å². The van der Waals surface area contributed by atoms with Crippen molar-refractivity contribution in [2.75, 3.05) is 54.6 Å². The van der Waals surface area contributed by atoms with Crippen molar-refractivity contribution in [2.24, 2.45) is 5.73 Å². The number of carbonyl (C=O) groups is 4. The molecule has 4 aromatic carbocycles. The molecular weight excluding hydrogens is 965 g/mol. The van der Waals surface area contributed by atoms with Gasteiger partial charge in [0.05, 0.1) is 46.0 Å². The zero-order chi connectivity index (χ0) is 55.0. The molecule has 75 heavy (non-hydrogen) atoms. The average molecular weight is 1040 g/mol. The molecule has 404 valence electrons. The number of hydrogen-bond acceptors (Lipinski definition) is 15. The van der Waals surface area contributed by atoms with Gasteiger partial charge in [0, 0.05) is 30.8 Å². The van der Waals surface area contributed by atoms with E-state index >= 15 is 0 Å². The first kappa shape index (κ1) is 59.5. The quantitative estimate of drug-likeness (QED) is 0.0420. The normalized spacial score (nSPS) is 10.9. The Morgan fingerprint density at radius 3 is 1.13 bits per heavy atom. The Labute approximate surface area is 438 Å². The van der Waals surface area contributed by atoms with Crippen LogP contribution < -0.4 is 40.6 Å². The monoisotopic (exact) mass is 1040 g/mol. The standard InChI is InChI=1S/C28H35N3O6.C19H17NO5.C9H20N2O2/c1-28(2,3)36-27(33)30-17-7-6-16-29-24(32)18-23-25(19-8-12-21(34-4)13-9-19)26(31-37-23)20-10-14-22(35-5)15-11-20;1-23-14-7-3-12(4-8-14)18-16(11-17(21)22)25-20-19(18)13-5-9-15(24-2)10-6-13;1-9(2,3)13-8(12)11-7-5-4-6-10/h8-15H,6-7,16-18H2,1-5H3,(H,29,32)(H,30,33);3-10H,11H2,1-2H3,(H,21,22);4-7,10H2,1-3H3,(H,11,12). The fourth-order valence-corrected chi connectivity index (χ4v) is 6.99. The predicted molar refractivity (Wildman–Crippen MR) is 285 cm³/mol. The molecule has 0 aliphatic carbocycles. The predicted octanol–water partition coefficient (Wildman–Crippen LogP) is 9.89. The van der Waals surface area contributed by atoms with Crippen molar-refractivity contribution < 1.29 is 61.8 Å². The smallest absolute Gasteiger partial charge is 0.407 e. The second-order valence-corrected chi connectivity index (χ2v) is 18.7. The summed E-state index contributed by atoms with van der Waals surface area (Å²) in [5.41, 5.74) is 10.3. The zero-order valence-corrected chi connectivity index (χ0v) is 44.6. The van der Waals surface area contributed by atoms with Crippen LogP contribution in [0.2, 0.25) is 0 Å². The number of aromatic nitrogens is 2. The highest BCUT2D eigenvalue weighted by Gasteiger charge is 2.24. The van der Waals surface area contributed by atoms with Gasteiger partial charge in [-0.15, -0.1) is 0 Å². The third kappa shape index (κ3) is 20.4. The van der Waals surface area contributed by atoms with Gasteiger partial charge < -0.3 is 64.3 Å². The van der Waals surface area contributed by atoms with E-state index in [1.54, 1.807) is 28.4 Å². The lowest BCUT2D eigenvalue weighted by molar-refractivity contribution is -0.136. The Morgan fingerprint density at radius 2 is 0.813 bits per heavy atom. The number of nitrogens with two attached hydrogens (primary N) is 1. The van der Waals surface area contributed by atoms with Gasteiger partial charge in [0.25, 0.3) is 0 Å². The van der Waals surface area contributed by atoms with Crippen molar-refractivity contribution in [1.29, 1.82) is 0 Å². The number of unbranched alkanes of at least 4 members (excludes halogenated alkanes) is 2. The second kappa shape index (κ2) is 29.6. The van der Waals surface area contributed by atoms with Gasteiger partial charge in [-0.25, -0.2) is 9.59 Å². The number of benzene rings is 4. The Balaban J connectivity index is 0.000000275. The van der Waals surface area contributed by atoms with Gasteiger partial charge in [-0.2, -0.15) is 0 Å². The molecule has 0 saturated heterocycles. The molecule has 0 radical (unpaired) electrons. The van der Waals surface area contributed by atoms with Crippen molar-refractivity contribution >= 4 is 24.1 Å². The molecule has 0 bridgehead atoms. The van der Waals surface area contributed by atoms with E-state index in [9.17, 15) is 19.2 Å². The molecule has 19 nitrogen and oxygen atoms in total. The van der Waals surface area contributed by atoms with Gasteiger partial charge in [0.2, 0.25) is 5.91 Å². The molecule has 0 aliphatic heterocycles. The first-order chi connectivity index (χ1) is 35.8. The molecule has 2 aromatic heterocycles. The van der Waals surface area contributed by atoms with Crippen LogP contribution in [0.3, 0.4) is 0 Å². The van der Waals surface area contributed by atoms with Crippen LogP contribution in [0.15, 0.2) is 106 Å². The molecule has 0 spiro atoms. The number of nitrogens with zero attached hydrogens (tertiary/aromatic N) is 2. The molecule has 3 amide bonds. The lowest BCUT2D eigenvalue weighted by Gasteiger charge is -2.19. The highest BCUT2D eigenvalue weighted by Crippen LogP contribution is 2.38. The average Bonchev–Trinajstić information content (AvgIpc) is 3.99. The minimum atomic E-state index is -0.979. The highest BCUT2D eigenvalue weighted by atomic mass is 16.6. The van der Waals surface area contributed by atoms with Gasteiger partial charge in [-0.1, -0.05) is 34.6 Å². The SMILES string of the molecule is CC(C)(C)OC(=O)NCCCCN.COc1ccc(-c2noc(CC(=O)NCCCCNC(=O)OC(C)(C)C)c2-c2ccc(OC)cc2)cc1.COc1ccc(-c2noc(CC(=O)O)c2-c2ccc(OC)cc2)cc1. The number of rotatable bonds is 21. The van der Waals surface area contributed by atoms with Crippen LogP contribution >= 0.6 is 0 Å². The van der Waals surface area contributed by atoms with E-state index in [2.05, 4.69) is 26.3 Å². The van der Waals surface area contributed by atoms with E-state index in [1.165, 1.54) is 0 Å². The third-order valence-electron chi connectivity index (χ3n) is 10.5. The van der Waals surface area contributed by atoms with Crippen LogP contribution in [0.25, 0.3) is 44.8 Å². The Kier molecular flexibility index (Phi) is 23.5. The second-order valence-electron chi connectivity index (χ2n) is 18.7. The third-order valence-corrected chi connectivity index (χ3v) is 10.5. The van der Waals surface area contributed by atoms with Gasteiger partial charge in [0.15, 0.2) is 11.5 Å². The summed E-state index contributed by atoms with van der Waals surface area (Å²) in [5, 5.41) is 25.8. The first-order valence-electron chi connectivity index (χ1n) is 24.4. The maximum Gasteiger partial charge on any atom is 0.407 e. The van der Waals surface area contributed by atoms with Gasteiger partial charge >= 0.3 is 18.2 Å². The first-order valence-corrected chi connectivity index (χ1v) is 24.4. The largest absolute Gasteiger partial charge is 0.497 e. The molecule has 0 saturated carbocycles. The molecular formula is C56H72N6O13. The lowest BCUT2D eigenvalue weighted by Crippen LogP contribution is -2.33. The summed E-state index contributed by atoms with van der Waals surface area (Å²) in [6.07, 6.45) is 2.24. The van der Waals surface area contributed by atoms with Crippen LogP contribution in [0.4, 0.5) is 9.59 Å². The number of hydrogen-bond donors (Lipinski definition) is 5. The van der Waals surface area contributed by atoms with Crippen molar-refractivity contribution in [1.82, 2.24) is 26.3 Å². The summed E-state index contributed by atoms with van der Waals surface area (Å²) in [6.45, 7) is 13.2. The number of alkyl carbamates (subject to hydrolysis) is 2. The Bertz CT molecular complexity index is 2690. The van der Waals surface area contributed by atoms with Gasteiger partial charge in [-0.3, -0.25) is 9.59 Å². The maximum atomic E-state index is 12.7. The molecule has 0 fully saturated rings. The van der Waals surface area contributed by atoms with Crippen molar-refractivity contribution in [2.45, 2.75) is 91.3 Å². The number of carbonyl (C=O) groups excluding carboxylic acids is 3. The number of nitrogens with one attached hydrogen (secondary N) is 3. The molecule has 0 atom stereocenters. The van der Waals surface area contributed by atoms with E-state index < -0.39 is 23.3 Å². The number of carboxylic acid groups (broad SMARTS) is 1. The minimum absolute atomic E-state index is 0.0423. The summed E-state index contributed by atoms with van der Waals surface area (Å²) >= 11 is 0. The van der Waals surface area contributed by atoms with Crippen LogP contribution in [0, 0.1) is 0 Å². The lowest BCUT2D eigenvalue weighted by atomic mass is 9.98. The number of ether oxygens (including phenoxy) is 6. The number of aliphatic carboxylic acids is 1. The van der Waals surface area contributed by atoms with Gasteiger partial charge in [-0.05, 0) is 158 Å². The molecule has 6 aromatic rings. The van der Waals surface area contributed by atoms with Crippen LogP contribution in [0.5, 0.6) is 23.0 Å². The van der Waals surface area contributed by atoms with Crippen molar-refractivity contribution in [3.05, 3.63) is 109 Å². The fraction of sp³-hybridized carbons (Fsp3) is 0.393. The summed E-state index contributed by atoms with van der Waals surface area (Å²) in [7, 11) is 6.41. The summed E-state index contributed by atoms with van der Waals surface area (Å²) in [6, 6.07) is 29.7. The summed E-state index contributed by atoms with van der Waals surface area (Å²) in [5.74, 6) is 2.53. The summed E-state index contributed by atoms with van der Waals surface area (Å²) in [4.78, 5) is 46.6. The number of carboxylic acids is 1. The molecule has 0 aliphatic rings. The highest BCUT2D eigenvalue weighted by molar-refractivity contribution is 5.87. The van der Waals surface area contributed by atoms with Crippen LogP contribution in [0.1, 0.15) is 78.7 Å². The van der Waals surface area contributed by atoms with Crippen LogP contribution in [-0.2, 0) is 31.9 Å². The topological polar surface area (TPSA) is 258 Å². The zero-order valence-electron chi connectivity index (χ0n) is 44.6. The van der Waals surface area contributed by atoms with Gasteiger partial charge in [0.1, 0.15) is 52.0 Å². The molecule has 6 N–H and O–H groups in total. The Hall–Kier alpha value is -8.06. The molecule has 0 unspecified atom stereocenters. The number of methoxy groups -OCH3 is 4. The molecule has 6 rings (SSSR count). The Morgan fingerprint density at radius 1 is 0.493 bits per heavy atom. The van der Waals surface area contributed by atoms with E-state index in [-0.39, 0.29) is 24.8 Å². The maximum absolute atomic E-state index is 12.7. The minimum Gasteiger partial charge on any atom is -0.497 e. The number of amides is 3. The van der Waals surface area contributed by atoms with E-state index in [0.717, 1.165) is 57.9 Å². The fourth-order valence-electron chi connectivity index (χ4n) is 6.99. The van der Waals surface area contributed by atoms with E-state index in [0.29, 0.717) is 73.2 Å². The van der Waals surface area contributed by atoms with Crippen LogP contribution in [-0.4, -0.2) is 105 Å². The molecule has 19 heteroatoms. The van der Waals surface area contributed by atoms with E-state index in [4.69, 9.17) is 48.3 Å².